The lowest BCUT2D eigenvalue weighted by atomic mass is 9.87. The second-order valence-electron chi connectivity index (χ2n) is 10.9. The van der Waals surface area contributed by atoms with Crippen LogP contribution < -0.4 is 21.1 Å². The van der Waals surface area contributed by atoms with Gasteiger partial charge in [-0.25, -0.2) is 18.6 Å². The molecule has 6 rings (SSSR count). The Balaban J connectivity index is 1.37. The molecular formula is C27H29ClF2N6O3. The van der Waals surface area contributed by atoms with Crippen LogP contribution in [0.25, 0.3) is 10.9 Å². The highest BCUT2D eigenvalue weighted by molar-refractivity contribution is 6.33. The molecule has 206 valence electrons. The summed E-state index contributed by atoms with van der Waals surface area (Å²) in [6, 6.07) is 5.33. The maximum Gasteiger partial charge on any atom is 0.346 e. The van der Waals surface area contributed by atoms with Gasteiger partial charge in [0.15, 0.2) is 5.82 Å². The summed E-state index contributed by atoms with van der Waals surface area (Å²) < 4.78 is 35.6. The van der Waals surface area contributed by atoms with E-state index in [1.54, 1.807) is 24.1 Å². The summed E-state index contributed by atoms with van der Waals surface area (Å²) in [4.78, 5) is 36.5. The number of nitrogens with zero attached hydrogens (tertiary/aromatic N) is 4. The molecule has 2 fully saturated rings. The average Bonchev–Trinajstić information content (AvgIpc) is 3.75. The van der Waals surface area contributed by atoms with Crippen molar-refractivity contribution in [3.8, 4) is 0 Å². The number of fused-ring (bicyclic) bond motifs is 3. The fraction of sp³-hybridized carbons (Fsp3) is 0.481. The van der Waals surface area contributed by atoms with Crippen LogP contribution in [0, 0.1) is 17.8 Å². The highest BCUT2D eigenvalue weighted by Crippen LogP contribution is 2.40. The van der Waals surface area contributed by atoms with Gasteiger partial charge in [0, 0.05) is 43.0 Å². The number of carbonyl (C=O) groups excluding carboxylic acids is 1. The van der Waals surface area contributed by atoms with Crippen molar-refractivity contribution < 1.29 is 18.3 Å². The number of piperidine rings is 1. The van der Waals surface area contributed by atoms with Gasteiger partial charge in [0.1, 0.15) is 17.2 Å². The van der Waals surface area contributed by atoms with Crippen molar-refractivity contribution in [3.05, 3.63) is 45.3 Å². The number of halogens is 3. The molecule has 3 aromatic rings. The van der Waals surface area contributed by atoms with Crippen molar-refractivity contribution in [2.24, 2.45) is 24.8 Å². The molecule has 2 N–H and O–H groups in total. The molecule has 1 unspecified atom stereocenters. The number of aromatic nitrogens is 3. The van der Waals surface area contributed by atoms with Gasteiger partial charge in [-0.2, -0.15) is 4.98 Å². The molecule has 0 bridgehead atoms. The van der Waals surface area contributed by atoms with Gasteiger partial charge >= 0.3 is 5.97 Å². The minimum atomic E-state index is -2.76. The van der Waals surface area contributed by atoms with E-state index in [9.17, 15) is 18.4 Å². The number of rotatable bonds is 4. The molecule has 2 aromatic heterocycles. The van der Waals surface area contributed by atoms with E-state index >= 15 is 0 Å². The fourth-order valence-corrected chi connectivity index (χ4v) is 5.68. The molecule has 3 aliphatic rings. The number of ether oxygens (including phenoxy) is 1. The third-order valence-electron chi connectivity index (χ3n) is 8.09. The summed E-state index contributed by atoms with van der Waals surface area (Å²) in [5.41, 5.74) is 1.28. The number of aryl methyl sites for hydroxylation is 1. The number of anilines is 4. The molecule has 12 heteroatoms. The van der Waals surface area contributed by atoms with E-state index in [4.69, 9.17) is 16.3 Å². The second kappa shape index (κ2) is 9.32. The first kappa shape index (κ1) is 25.8. The first-order chi connectivity index (χ1) is 18.5. The fourth-order valence-electron chi connectivity index (χ4n) is 5.54. The first-order valence-corrected chi connectivity index (χ1v) is 13.4. The number of benzene rings is 1. The molecule has 1 aromatic carbocycles. The lowest BCUT2D eigenvalue weighted by Gasteiger charge is -2.41. The van der Waals surface area contributed by atoms with Crippen LogP contribution in [0.5, 0.6) is 0 Å². The largest absolute Gasteiger partial charge is 0.460 e. The Hall–Kier alpha value is -3.47. The van der Waals surface area contributed by atoms with Crippen LogP contribution in [-0.4, -0.2) is 52.2 Å². The molecule has 39 heavy (non-hydrogen) atoms. The number of alkyl halides is 2. The maximum absolute atomic E-state index is 14.4. The summed E-state index contributed by atoms with van der Waals surface area (Å²) >= 11 is 6.42. The molecule has 3 atom stereocenters. The molecule has 1 aliphatic carbocycles. The van der Waals surface area contributed by atoms with Gasteiger partial charge in [0.05, 0.1) is 23.4 Å². The number of nitrogens with one attached hydrogen (secondary N) is 2. The zero-order chi connectivity index (χ0) is 27.6. The Kier molecular flexibility index (Phi) is 6.16. The number of cyclic esters (lactones) is 1. The first-order valence-electron chi connectivity index (χ1n) is 13.1. The molecule has 2 aliphatic heterocycles. The van der Waals surface area contributed by atoms with Crippen LogP contribution in [0.3, 0.4) is 0 Å². The molecule has 0 radical (unpaired) electrons. The van der Waals surface area contributed by atoms with Crippen LogP contribution in [0.1, 0.15) is 37.0 Å². The molecule has 1 saturated carbocycles. The minimum Gasteiger partial charge on any atom is -0.460 e. The number of hydrogen-bond acceptors (Lipinski definition) is 8. The van der Waals surface area contributed by atoms with Crippen LogP contribution >= 0.6 is 11.6 Å². The zero-order valence-corrected chi connectivity index (χ0v) is 22.6. The SMILES string of the molecule is C[C@@H]1CN(c2ncc(Cl)c(Nc3ccc4c(c3)c3c(c(=O)n4C)C(=O)OCC(C4CC4)N3)n2)C[C@H](C)C1(F)F. The van der Waals surface area contributed by atoms with E-state index in [1.807, 2.05) is 6.07 Å². The van der Waals surface area contributed by atoms with Gasteiger partial charge in [0.25, 0.3) is 11.5 Å². The number of pyridine rings is 1. The molecule has 4 heterocycles. The van der Waals surface area contributed by atoms with Gasteiger partial charge in [-0.05, 0) is 37.0 Å². The molecule has 0 amide bonds. The molecular weight excluding hydrogens is 530 g/mol. The van der Waals surface area contributed by atoms with Crippen LogP contribution in [0.2, 0.25) is 5.02 Å². The van der Waals surface area contributed by atoms with Crippen molar-refractivity contribution in [2.45, 2.75) is 38.7 Å². The number of esters is 1. The van der Waals surface area contributed by atoms with Crippen molar-refractivity contribution in [2.75, 3.05) is 35.2 Å². The topological polar surface area (TPSA) is 101 Å². The molecule has 9 nitrogen and oxygen atoms in total. The summed E-state index contributed by atoms with van der Waals surface area (Å²) in [7, 11) is 1.62. The quantitative estimate of drug-likeness (QED) is 0.440. The predicted octanol–water partition coefficient (Wildman–Crippen LogP) is 4.81. The van der Waals surface area contributed by atoms with E-state index in [2.05, 4.69) is 20.6 Å². The Morgan fingerprint density at radius 1 is 1.18 bits per heavy atom. The Morgan fingerprint density at radius 3 is 2.59 bits per heavy atom. The van der Waals surface area contributed by atoms with E-state index in [0.29, 0.717) is 40.0 Å². The van der Waals surface area contributed by atoms with Crippen molar-refractivity contribution in [1.29, 1.82) is 0 Å². The summed E-state index contributed by atoms with van der Waals surface area (Å²) in [6.07, 6.45) is 3.53. The van der Waals surface area contributed by atoms with E-state index in [0.717, 1.165) is 12.8 Å². The minimum absolute atomic E-state index is 0.0159. The Labute approximate surface area is 228 Å². The van der Waals surface area contributed by atoms with Gasteiger partial charge < -0.3 is 24.8 Å². The van der Waals surface area contributed by atoms with Gasteiger partial charge in [-0.3, -0.25) is 4.79 Å². The average molecular weight is 559 g/mol. The molecule has 1 saturated heterocycles. The standard InChI is InChI=1S/C27H29ClF2N6O3/c1-13-10-36(11-14(2)27(13,29)30)26-31-9-18(28)23(34-26)32-16-6-7-20-17(8-16)22-21(24(37)35(20)3)25(38)39-12-19(33-22)15-4-5-15/h6-9,13-15,19,33H,4-5,10-12H2,1-3H3,(H,31,32,34)/t13-,14+,19?. The lowest BCUT2D eigenvalue weighted by Crippen LogP contribution is -2.52. The summed E-state index contributed by atoms with van der Waals surface area (Å²) in [6.45, 7) is 3.51. The zero-order valence-electron chi connectivity index (χ0n) is 21.8. The number of hydrogen-bond donors (Lipinski definition) is 2. The van der Waals surface area contributed by atoms with Crippen LogP contribution in [-0.2, 0) is 11.8 Å². The molecule has 0 spiro atoms. The van der Waals surface area contributed by atoms with Crippen LogP contribution in [0.4, 0.5) is 31.9 Å². The monoisotopic (exact) mass is 558 g/mol. The van der Waals surface area contributed by atoms with Crippen molar-refractivity contribution in [1.82, 2.24) is 14.5 Å². The maximum atomic E-state index is 14.4. The smallest absolute Gasteiger partial charge is 0.346 e. The third-order valence-corrected chi connectivity index (χ3v) is 8.37. The lowest BCUT2D eigenvalue weighted by molar-refractivity contribution is -0.105. The Bertz CT molecular complexity index is 1530. The predicted molar refractivity (Wildman–Crippen MR) is 145 cm³/mol. The normalized spacial score (nSPS) is 24.5. The van der Waals surface area contributed by atoms with Gasteiger partial charge in [-0.15, -0.1) is 0 Å². The number of carbonyl (C=O) groups is 1. The van der Waals surface area contributed by atoms with Crippen molar-refractivity contribution >= 4 is 51.6 Å². The van der Waals surface area contributed by atoms with Gasteiger partial charge in [-0.1, -0.05) is 25.4 Å². The summed E-state index contributed by atoms with van der Waals surface area (Å²) in [5.74, 6) is -4.08. The highest BCUT2D eigenvalue weighted by Gasteiger charge is 2.47. The van der Waals surface area contributed by atoms with E-state index in [-0.39, 0.29) is 36.3 Å². The van der Waals surface area contributed by atoms with Crippen LogP contribution in [0.15, 0.2) is 29.2 Å². The van der Waals surface area contributed by atoms with Crippen molar-refractivity contribution in [3.63, 3.8) is 0 Å². The third kappa shape index (κ3) is 4.46. The second-order valence-corrected chi connectivity index (χ2v) is 11.3. The highest BCUT2D eigenvalue weighted by atomic mass is 35.5. The van der Waals surface area contributed by atoms with Gasteiger partial charge in [0.2, 0.25) is 5.95 Å². The van der Waals surface area contributed by atoms with E-state index < -0.39 is 29.3 Å². The Morgan fingerprint density at radius 2 is 1.90 bits per heavy atom. The van der Waals surface area contributed by atoms with E-state index in [1.165, 1.54) is 24.6 Å². The summed E-state index contributed by atoms with van der Waals surface area (Å²) in [5, 5.41) is 7.57.